The number of hydrogen-bond acceptors (Lipinski definition) is 2. The minimum atomic E-state index is -0.745. The van der Waals surface area contributed by atoms with Crippen LogP contribution in [0.5, 0.6) is 0 Å². The molecule has 1 aliphatic heterocycles. The average Bonchev–Trinajstić information content (AvgIpc) is 2.30. The fraction of sp³-hybridized carbons (Fsp3) is 0.364. The quantitative estimate of drug-likeness (QED) is 0.791. The zero-order valence-corrected chi connectivity index (χ0v) is 11.1. The molecule has 1 heterocycles. The monoisotopic (exact) mass is 301 g/mol. The van der Waals surface area contributed by atoms with Gasteiger partial charge in [-0.3, -0.25) is 9.00 Å². The highest BCUT2D eigenvalue weighted by molar-refractivity contribution is 9.10. The number of amides is 1. The van der Waals surface area contributed by atoms with Gasteiger partial charge in [0.2, 0.25) is 0 Å². The summed E-state index contributed by atoms with van der Waals surface area (Å²) in [5.41, 5.74) is 0.676. The van der Waals surface area contributed by atoms with Crippen molar-refractivity contribution in [2.75, 3.05) is 24.6 Å². The number of carbonyl (C=O) groups is 1. The van der Waals surface area contributed by atoms with Crippen LogP contribution in [0.2, 0.25) is 0 Å². The Balaban J connectivity index is 2.14. The Morgan fingerprint density at radius 2 is 1.88 bits per heavy atom. The Labute approximate surface area is 105 Å². The molecular formula is C11H12BrNO2S. The normalized spacial score (nSPS) is 17.4. The molecule has 0 bridgehead atoms. The van der Waals surface area contributed by atoms with Crippen LogP contribution in [-0.2, 0) is 10.8 Å². The average molecular weight is 302 g/mol. The molecule has 1 aromatic carbocycles. The van der Waals surface area contributed by atoms with Crippen LogP contribution in [0.1, 0.15) is 10.4 Å². The number of benzene rings is 1. The topological polar surface area (TPSA) is 37.4 Å². The molecule has 5 heteroatoms. The first-order chi connectivity index (χ1) is 7.68. The van der Waals surface area contributed by atoms with Gasteiger partial charge in [0.15, 0.2) is 0 Å². The molecule has 0 atom stereocenters. The fourth-order valence-corrected chi connectivity index (χ4v) is 3.15. The Morgan fingerprint density at radius 3 is 2.50 bits per heavy atom. The van der Waals surface area contributed by atoms with Crippen molar-refractivity contribution < 1.29 is 9.00 Å². The van der Waals surface area contributed by atoms with E-state index in [1.807, 2.05) is 18.2 Å². The van der Waals surface area contributed by atoms with Gasteiger partial charge in [0.25, 0.3) is 5.91 Å². The molecule has 1 aliphatic rings. The van der Waals surface area contributed by atoms with Gasteiger partial charge in [0.1, 0.15) is 0 Å². The highest BCUT2D eigenvalue weighted by atomic mass is 79.9. The number of carbonyl (C=O) groups excluding carboxylic acids is 1. The standard InChI is InChI=1S/C11H12BrNO2S/c12-10-4-2-1-3-9(10)11(14)13-5-7-16(15)8-6-13/h1-4H,5-8H2. The molecule has 3 nitrogen and oxygen atoms in total. The summed E-state index contributed by atoms with van der Waals surface area (Å²) in [6, 6.07) is 7.39. The predicted molar refractivity (Wildman–Crippen MR) is 67.9 cm³/mol. The van der Waals surface area contributed by atoms with Crippen molar-refractivity contribution in [2.45, 2.75) is 0 Å². The van der Waals surface area contributed by atoms with E-state index in [4.69, 9.17) is 0 Å². The van der Waals surface area contributed by atoms with Crippen LogP contribution in [0, 0.1) is 0 Å². The maximum atomic E-state index is 12.1. The van der Waals surface area contributed by atoms with Crippen LogP contribution in [0.15, 0.2) is 28.7 Å². The third-order valence-electron chi connectivity index (χ3n) is 2.57. The van der Waals surface area contributed by atoms with Crippen LogP contribution in [-0.4, -0.2) is 39.6 Å². The van der Waals surface area contributed by atoms with E-state index in [9.17, 15) is 9.00 Å². The van der Waals surface area contributed by atoms with Crippen LogP contribution in [0.25, 0.3) is 0 Å². The van der Waals surface area contributed by atoms with Crippen LogP contribution in [0.3, 0.4) is 0 Å². The second-order valence-corrected chi connectivity index (χ2v) is 6.17. The van der Waals surface area contributed by atoms with Crippen molar-refractivity contribution in [1.29, 1.82) is 0 Å². The molecule has 0 aliphatic carbocycles. The molecule has 1 saturated heterocycles. The molecule has 2 rings (SSSR count). The Morgan fingerprint density at radius 1 is 1.25 bits per heavy atom. The summed E-state index contributed by atoms with van der Waals surface area (Å²) in [7, 11) is -0.745. The van der Waals surface area contributed by atoms with Gasteiger partial charge in [-0.05, 0) is 28.1 Å². The van der Waals surface area contributed by atoms with Gasteiger partial charge >= 0.3 is 0 Å². The molecular weight excluding hydrogens is 290 g/mol. The summed E-state index contributed by atoms with van der Waals surface area (Å²) >= 11 is 3.37. The van der Waals surface area contributed by atoms with Crippen molar-refractivity contribution in [3.05, 3.63) is 34.3 Å². The number of hydrogen-bond donors (Lipinski definition) is 0. The first-order valence-electron chi connectivity index (χ1n) is 5.07. The maximum absolute atomic E-state index is 12.1. The predicted octanol–water partition coefficient (Wildman–Crippen LogP) is 1.65. The third-order valence-corrected chi connectivity index (χ3v) is 4.54. The van der Waals surface area contributed by atoms with Crippen LogP contribution < -0.4 is 0 Å². The molecule has 1 amide bonds. The van der Waals surface area contributed by atoms with Crippen LogP contribution >= 0.6 is 15.9 Å². The minimum absolute atomic E-state index is 0.0178. The highest BCUT2D eigenvalue weighted by Gasteiger charge is 2.22. The zero-order valence-electron chi connectivity index (χ0n) is 8.69. The summed E-state index contributed by atoms with van der Waals surface area (Å²) in [6.07, 6.45) is 0. The van der Waals surface area contributed by atoms with E-state index >= 15 is 0 Å². The highest BCUT2D eigenvalue weighted by Crippen LogP contribution is 2.18. The molecule has 86 valence electrons. The molecule has 1 fully saturated rings. The number of halogens is 1. The first-order valence-corrected chi connectivity index (χ1v) is 7.35. The SMILES string of the molecule is O=C(c1ccccc1Br)N1CCS(=O)CC1. The van der Waals surface area contributed by atoms with Gasteiger partial charge in [-0.1, -0.05) is 12.1 Å². The Bertz CT molecular complexity index is 426. The number of rotatable bonds is 1. The van der Waals surface area contributed by atoms with Gasteiger partial charge in [-0.15, -0.1) is 0 Å². The van der Waals surface area contributed by atoms with Crippen LogP contribution in [0.4, 0.5) is 0 Å². The van der Waals surface area contributed by atoms with Crippen molar-refractivity contribution in [2.24, 2.45) is 0 Å². The lowest BCUT2D eigenvalue weighted by molar-refractivity contribution is 0.0770. The molecule has 0 aromatic heterocycles. The molecule has 0 spiro atoms. The lowest BCUT2D eigenvalue weighted by Crippen LogP contribution is -2.41. The van der Waals surface area contributed by atoms with Crippen molar-refractivity contribution >= 4 is 32.6 Å². The molecule has 0 saturated carbocycles. The molecule has 1 aromatic rings. The van der Waals surface area contributed by atoms with E-state index in [0.717, 1.165) is 4.47 Å². The maximum Gasteiger partial charge on any atom is 0.255 e. The van der Waals surface area contributed by atoms with E-state index in [0.29, 0.717) is 30.2 Å². The summed E-state index contributed by atoms with van der Waals surface area (Å²) in [5, 5.41) is 0. The lowest BCUT2D eigenvalue weighted by atomic mass is 10.2. The summed E-state index contributed by atoms with van der Waals surface area (Å²) in [4.78, 5) is 13.9. The largest absolute Gasteiger partial charge is 0.337 e. The number of nitrogens with zero attached hydrogens (tertiary/aromatic N) is 1. The zero-order chi connectivity index (χ0) is 11.5. The fourth-order valence-electron chi connectivity index (χ4n) is 1.65. The van der Waals surface area contributed by atoms with Crippen molar-refractivity contribution in [3.8, 4) is 0 Å². The van der Waals surface area contributed by atoms with Gasteiger partial charge in [-0.25, -0.2) is 0 Å². The van der Waals surface area contributed by atoms with Gasteiger partial charge < -0.3 is 4.90 Å². The smallest absolute Gasteiger partial charge is 0.255 e. The molecule has 0 unspecified atom stereocenters. The molecule has 0 radical (unpaired) electrons. The van der Waals surface area contributed by atoms with E-state index in [2.05, 4.69) is 15.9 Å². The second-order valence-electron chi connectivity index (χ2n) is 3.62. The summed E-state index contributed by atoms with van der Waals surface area (Å²) < 4.78 is 12.0. The summed E-state index contributed by atoms with van der Waals surface area (Å²) in [5.74, 6) is 1.20. The Hall–Kier alpha value is -0.680. The molecule has 0 N–H and O–H groups in total. The lowest BCUT2D eigenvalue weighted by Gasteiger charge is -2.26. The van der Waals surface area contributed by atoms with E-state index in [-0.39, 0.29) is 5.91 Å². The molecule has 16 heavy (non-hydrogen) atoms. The third kappa shape index (κ3) is 2.52. The second kappa shape index (κ2) is 5.10. The first kappa shape index (κ1) is 11.8. The van der Waals surface area contributed by atoms with Gasteiger partial charge in [0.05, 0.1) is 5.56 Å². The summed E-state index contributed by atoms with van der Waals surface area (Å²) in [6.45, 7) is 1.18. The van der Waals surface area contributed by atoms with Crippen molar-refractivity contribution in [3.63, 3.8) is 0 Å². The van der Waals surface area contributed by atoms with Crippen molar-refractivity contribution in [1.82, 2.24) is 4.90 Å². The Kier molecular flexibility index (Phi) is 3.76. The van der Waals surface area contributed by atoms with Gasteiger partial charge in [0, 0.05) is 39.9 Å². The van der Waals surface area contributed by atoms with Gasteiger partial charge in [-0.2, -0.15) is 0 Å². The van der Waals surface area contributed by atoms with E-state index in [1.54, 1.807) is 11.0 Å². The van der Waals surface area contributed by atoms with E-state index in [1.165, 1.54) is 0 Å². The van der Waals surface area contributed by atoms with E-state index < -0.39 is 10.8 Å². The minimum Gasteiger partial charge on any atom is -0.337 e.